The maximum absolute atomic E-state index is 5.77. The molecular weight excluding hydrogens is 479 g/mol. The van der Waals surface area contributed by atoms with Gasteiger partial charge in [-0.2, -0.15) is 0 Å². The number of aliphatic imine (C=N–C) groups is 1. The predicted molar refractivity (Wildman–Crippen MR) is 132 cm³/mol. The monoisotopic (exact) mass is 518 g/mol. The predicted octanol–water partition coefficient (Wildman–Crippen LogP) is 3.65. The molecule has 1 aliphatic rings. The summed E-state index contributed by atoms with van der Waals surface area (Å²) in [6.07, 6.45) is 7.53. The number of hydrogen-bond acceptors (Lipinski definition) is 4. The number of guanidine groups is 1. The van der Waals surface area contributed by atoms with Gasteiger partial charge < -0.3 is 25.0 Å². The van der Waals surface area contributed by atoms with Crippen molar-refractivity contribution >= 4 is 29.9 Å². The molecule has 1 fully saturated rings. The van der Waals surface area contributed by atoms with Crippen LogP contribution in [0.25, 0.3) is 0 Å². The molecule has 2 rings (SSSR count). The number of methoxy groups -OCH3 is 1. The van der Waals surface area contributed by atoms with Crippen molar-refractivity contribution in [2.24, 2.45) is 4.99 Å². The van der Waals surface area contributed by atoms with Crippen molar-refractivity contribution in [2.45, 2.75) is 45.1 Å². The lowest BCUT2D eigenvalue weighted by Gasteiger charge is -2.20. The van der Waals surface area contributed by atoms with Crippen LogP contribution in [0.3, 0.4) is 0 Å². The standard InChI is InChI=1S/C22H38N4O2.HI/c1-23-22(24-12-8-15-26-13-5-3-4-6-14-26)25-19-20-10-7-11-21(18-20)28-17-9-16-27-2;/h7,10-11,18H,3-6,8-9,12-17,19H2,1-2H3,(H2,23,24,25);1H. The second-order valence-corrected chi connectivity index (χ2v) is 7.30. The Kier molecular flexibility index (Phi) is 15.0. The second kappa shape index (κ2) is 16.7. The normalized spacial score (nSPS) is 15.3. The van der Waals surface area contributed by atoms with Crippen LogP contribution in [0.4, 0.5) is 0 Å². The molecule has 0 amide bonds. The number of nitrogens with zero attached hydrogens (tertiary/aromatic N) is 2. The molecule has 0 unspecified atom stereocenters. The number of rotatable bonds is 11. The minimum atomic E-state index is 0. The van der Waals surface area contributed by atoms with Gasteiger partial charge in [-0.05, 0) is 56.6 Å². The van der Waals surface area contributed by atoms with Crippen LogP contribution in [0.5, 0.6) is 5.75 Å². The molecule has 7 heteroatoms. The summed E-state index contributed by atoms with van der Waals surface area (Å²) in [5, 5.41) is 6.81. The van der Waals surface area contributed by atoms with Crippen molar-refractivity contribution in [1.29, 1.82) is 0 Å². The largest absolute Gasteiger partial charge is 0.493 e. The molecule has 2 N–H and O–H groups in total. The van der Waals surface area contributed by atoms with Crippen molar-refractivity contribution in [3.8, 4) is 5.75 Å². The molecule has 0 saturated carbocycles. The molecule has 1 saturated heterocycles. The van der Waals surface area contributed by atoms with Gasteiger partial charge in [-0.1, -0.05) is 25.0 Å². The van der Waals surface area contributed by atoms with E-state index in [0.717, 1.165) is 44.2 Å². The zero-order chi connectivity index (χ0) is 19.9. The first kappa shape index (κ1) is 26.0. The Morgan fingerprint density at radius 3 is 2.59 bits per heavy atom. The molecule has 0 bridgehead atoms. The maximum Gasteiger partial charge on any atom is 0.191 e. The first-order valence-electron chi connectivity index (χ1n) is 10.7. The van der Waals surface area contributed by atoms with Gasteiger partial charge in [-0.3, -0.25) is 4.99 Å². The van der Waals surface area contributed by atoms with Gasteiger partial charge in [0.2, 0.25) is 0 Å². The van der Waals surface area contributed by atoms with E-state index in [1.165, 1.54) is 50.9 Å². The highest BCUT2D eigenvalue weighted by molar-refractivity contribution is 14.0. The quantitative estimate of drug-likeness (QED) is 0.203. The topological polar surface area (TPSA) is 58.1 Å². The lowest BCUT2D eigenvalue weighted by atomic mass is 10.2. The van der Waals surface area contributed by atoms with Crippen LogP contribution in [0.2, 0.25) is 0 Å². The van der Waals surface area contributed by atoms with Crippen LogP contribution in [-0.2, 0) is 11.3 Å². The van der Waals surface area contributed by atoms with E-state index in [4.69, 9.17) is 9.47 Å². The van der Waals surface area contributed by atoms with Crippen molar-refractivity contribution in [2.75, 3.05) is 53.6 Å². The fraction of sp³-hybridized carbons (Fsp3) is 0.682. The van der Waals surface area contributed by atoms with Gasteiger partial charge in [-0.15, -0.1) is 24.0 Å². The van der Waals surface area contributed by atoms with Crippen molar-refractivity contribution in [3.63, 3.8) is 0 Å². The highest BCUT2D eigenvalue weighted by atomic mass is 127. The average molecular weight is 518 g/mol. The minimum Gasteiger partial charge on any atom is -0.493 e. The van der Waals surface area contributed by atoms with Crippen molar-refractivity contribution < 1.29 is 9.47 Å². The summed E-state index contributed by atoms with van der Waals surface area (Å²) in [5.41, 5.74) is 1.18. The fourth-order valence-electron chi connectivity index (χ4n) is 3.41. The zero-order valence-electron chi connectivity index (χ0n) is 18.1. The number of benzene rings is 1. The number of halogens is 1. The first-order valence-corrected chi connectivity index (χ1v) is 10.7. The van der Waals surface area contributed by atoms with Crippen LogP contribution in [0.1, 0.15) is 44.1 Å². The van der Waals surface area contributed by atoms with Crippen LogP contribution >= 0.6 is 24.0 Å². The highest BCUT2D eigenvalue weighted by Gasteiger charge is 2.08. The Morgan fingerprint density at radius 1 is 1.07 bits per heavy atom. The van der Waals surface area contributed by atoms with Gasteiger partial charge in [0.25, 0.3) is 0 Å². The summed E-state index contributed by atoms with van der Waals surface area (Å²) in [7, 11) is 3.53. The Morgan fingerprint density at radius 2 is 1.86 bits per heavy atom. The molecule has 1 aliphatic heterocycles. The summed E-state index contributed by atoms with van der Waals surface area (Å²) in [6.45, 7) is 6.76. The Balaban J connectivity index is 0.00000420. The second-order valence-electron chi connectivity index (χ2n) is 7.30. The summed E-state index contributed by atoms with van der Waals surface area (Å²) in [5.74, 6) is 1.75. The molecule has 1 aromatic rings. The van der Waals surface area contributed by atoms with E-state index >= 15 is 0 Å². The van der Waals surface area contributed by atoms with Gasteiger partial charge in [-0.25, -0.2) is 0 Å². The highest BCUT2D eigenvalue weighted by Crippen LogP contribution is 2.13. The van der Waals surface area contributed by atoms with Gasteiger partial charge >= 0.3 is 0 Å². The van der Waals surface area contributed by atoms with Gasteiger partial charge in [0.05, 0.1) is 6.61 Å². The fourth-order valence-corrected chi connectivity index (χ4v) is 3.41. The lowest BCUT2D eigenvalue weighted by molar-refractivity contribution is 0.172. The molecule has 1 heterocycles. The molecule has 6 nitrogen and oxygen atoms in total. The van der Waals surface area contributed by atoms with E-state index < -0.39 is 0 Å². The van der Waals surface area contributed by atoms with Gasteiger partial charge in [0.15, 0.2) is 5.96 Å². The van der Waals surface area contributed by atoms with Crippen molar-refractivity contribution in [1.82, 2.24) is 15.5 Å². The molecule has 0 radical (unpaired) electrons. The smallest absolute Gasteiger partial charge is 0.191 e. The molecule has 29 heavy (non-hydrogen) atoms. The third-order valence-electron chi connectivity index (χ3n) is 4.99. The number of likely N-dealkylation sites (tertiary alicyclic amines) is 1. The van der Waals surface area contributed by atoms with Crippen LogP contribution < -0.4 is 15.4 Å². The third-order valence-corrected chi connectivity index (χ3v) is 4.99. The minimum absolute atomic E-state index is 0. The maximum atomic E-state index is 5.77. The van der Waals surface area contributed by atoms with E-state index in [9.17, 15) is 0 Å². The van der Waals surface area contributed by atoms with Crippen LogP contribution in [0.15, 0.2) is 29.3 Å². The van der Waals surface area contributed by atoms with E-state index in [1.54, 1.807) is 7.11 Å². The molecule has 0 aromatic heterocycles. The summed E-state index contributed by atoms with van der Waals surface area (Å²) >= 11 is 0. The third kappa shape index (κ3) is 11.6. The number of ether oxygens (including phenoxy) is 2. The van der Waals surface area contributed by atoms with E-state index in [0.29, 0.717) is 6.61 Å². The number of hydrogen-bond donors (Lipinski definition) is 2. The SMILES string of the molecule is CN=C(NCCCN1CCCCCC1)NCc1cccc(OCCCOC)c1.I. The Hall–Kier alpha value is -1.06. The molecule has 1 aromatic carbocycles. The van der Waals surface area contributed by atoms with E-state index in [1.807, 2.05) is 19.2 Å². The average Bonchev–Trinajstić information content (AvgIpc) is 3.00. The first-order chi connectivity index (χ1) is 13.8. The van der Waals surface area contributed by atoms with Crippen LogP contribution in [-0.4, -0.2) is 64.4 Å². The summed E-state index contributed by atoms with van der Waals surface area (Å²) in [4.78, 5) is 6.93. The molecule has 0 aliphatic carbocycles. The van der Waals surface area contributed by atoms with Crippen molar-refractivity contribution in [3.05, 3.63) is 29.8 Å². The molecule has 166 valence electrons. The summed E-state index contributed by atoms with van der Waals surface area (Å²) in [6, 6.07) is 8.19. The van der Waals surface area contributed by atoms with E-state index in [2.05, 4.69) is 32.7 Å². The Bertz CT molecular complexity index is 563. The summed E-state index contributed by atoms with van der Waals surface area (Å²) < 4.78 is 10.8. The Labute approximate surface area is 193 Å². The molecule has 0 atom stereocenters. The molecule has 0 spiro atoms. The molecular formula is C22H39IN4O2. The van der Waals surface area contributed by atoms with E-state index in [-0.39, 0.29) is 24.0 Å². The van der Waals surface area contributed by atoms with Crippen LogP contribution in [0, 0.1) is 0 Å². The van der Waals surface area contributed by atoms with Gasteiger partial charge in [0.1, 0.15) is 5.75 Å². The number of nitrogens with one attached hydrogen (secondary N) is 2. The van der Waals surface area contributed by atoms with Gasteiger partial charge in [0, 0.05) is 40.3 Å². The zero-order valence-corrected chi connectivity index (χ0v) is 20.5. The lowest BCUT2D eigenvalue weighted by Crippen LogP contribution is -2.38.